The minimum atomic E-state index is -0.366. The molecule has 0 bridgehead atoms. The molecular weight excluding hydrogens is 380 g/mol. The summed E-state index contributed by atoms with van der Waals surface area (Å²) in [5.41, 5.74) is -0.0772. The van der Waals surface area contributed by atoms with Gasteiger partial charge in [0.2, 0.25) is 0 Å². The van der Waals surface area contributed by atoms with Crippen LogP contribution in [0.3, 0.4) is 0 Å². The number of nitrogens with zero attached hydrogens (tertiary/aromatic N) is 2. The first-order valence-corrected chi connectivity index (χ1v) is 12.1. The zero-order chi connectivity index (χ0) is 22.6. The molecule has 30 heavy (non-hydrogen) atoms. The van der Waals surface area contributed by atoms with Crippen molar-refractivity contribution in [1.29, 1.82) is 0 Å². The van der Waals surface area contributed by atoms with E-state index in [1.807, 2.05) is 0 Å². The molecule has 1 aliphatic heterocycles. The third kappa shape index (κ3) is 6.94. The van der Waals surface area contributed by atoms with Gasteiger partial charge in [-0.25, -0.2) is 4.79 Å². The fourth-order valence-corrected chi connectivity index (χ4v) is 4.90. The van der Waals surface area contributed by atoms with Crippen molar-refractivity contribution in [1.82, 2.24) is 9.80 Å². The number of unbranched alkanes of at least 4 members (excludes halogenated alkanes) is 2. The number of aliphatic hydroxyl groups excluding tert-OH is 1. The topological polar surface area (TPSA) is 70.1 Å². The smallest absolute Gasteiger partial charge is 0.327 e. The normalized spacial score (nSPS) is 15.5. The predicted molar refractivity (Wildman–Crippen MR) is 121 cm³/mol. The molecule has 1 fully saturated rings. The van der Waals surface area contributed by atoms with Crippen LogP contribution >= 0.6 is 0 Å². The van der Waals surface area contributed by atoms with Crippen LogP contribution in [0.15, 0.2) is 0 Å². The standard InChI is InChI=1S/C24H46N2O4/c1-6-23(7-2,16-17-27)14-10-12-18-30-19-13-11-15-24(8-3,9-4)26-21(28)20-25(5)22(26)29/h27H,6-20H2,1-5H3. The van der Waals surface area contributed by atoms with Gasteiger partial charge in [-0.3, -0.25) is 9.69 Å². The van der Waals surface area contributed by atoms with Crippen LogP contribution in [0.25, 0.3) is 0 Å². The first-order valence-electron chi connectivity index (χ1n) is 12.1. The molecule has 3 amide bonds. The highest BCUT2D eigenvalue weighted by Gasteiger charge is 2.46. The third-order valence-corrected chi connectivity index (χ3v) is 7.50. The van der Waals surface area contributed by atoms with Gasteiger partial charge in [-0.1, -0.05) is 47.0 Å². The number of hydrogen-bond donors (Lipinski definition) is 1. The van der Waals surface area contributed by atoms with Gasteiger partial charge in [0.05, 0.1) is 5.54 Å². The van der Waals surface area contributed by atoms with Crippen LogP contribution in [0.2, 0.25) is 0 Å². The van der Waals surface area contributed by atoms with Crippen molar-refractivity contribution in [3.63, 3.8) is 0 Å². The Balaban J connectivity index is 2.30. The van der Waals surface area contributed by atoms with Crippen LogP contribution in [0.1, 0.15) is 98.3 Å². The maximum Gasteiger partial charge on any atom is 0.327 e. The first-order chi connectivity index (χ1) is 14.3. The Morgan fingerprint density at radius 1 is 0.867 bits per heavy atom. The fraction of sp³-hybridized carbons (Fsp3) is 0.917. The third-order valence-electron chi connectivity index (χ3n) is 7.50. The predicted octanol–water partition coefficient (Wildman–Crippen LogP) is 4.99. The number of imide groups is 1. The largest absolute Gasteiger partial charge is 0.396 e. The van der Waals surface area contributed by atoms with Crippen molar-refractivity contribution < 1.29 is 19.4 Å². The molecule has 0 unspecified atom stereocenters. The highest BCUT2D eigenvalue weighted by molar-refractivity contribution is 6.02. The number of rotatable bonds is 17. The van der Waals surface area contributed by atoms with E-state index in [1.54, 1.807) is 7.05 Å². The molecule has 1 saturated heterocycles. The number of aliphatic hydroxyl groups is 1. The van der Waals surface area contributed by atoms with Gasteiger partial charge in [0.15, 0.2) is 0 Å². The first kappa shape index (κ1) is 26.9. The van der Waals surface area contributed by atoms with Gasteiger partial charge in [0.1, 0.15) is 6.54 Å². The summed E-state index contributed by atoms with van der Waals surface area (Å²) >= 11 is 0. The number of carbonyl (C=O) groups is 2. The molecule has 0 radical (unpaired) electrons. The van der Waals surface area contributed by atoms with Gasteiger partial charge in [-0.05, 0) is 56.8 Å². The van der Waals surface area contributed by atoms with E-state index in [1.165, 1.54) is 9.80 Å². The van der Waals surface area contributed by atoms with E-state index in [2.05, 4.69) is 27.7 Å². The van der Waals surface area contributed by atoms with Crippen LogP contribution in [-0.2, 0) is 9.53 Å². The summed E-state index contributed by atoms with van der Waals surface area (Å²) in [6.07, 6.45) is 10.8. The molecule has 1 N–H and O–H groups in total. The van der Waals surface area contributed by atoms with Crippen LogP contribution in [0.5, 0.6) is 0 Å². The number of urea groups is 1. The lowest BCUT2D eigenvalue weighted by Crippen LogP contribution is -2.51. The van der Waals surface area contributed by atoms with Crippen LogP contribution in [0, 0.1) is 5.41 Å². The van der Waals surface area contributed by atoms with Crippen molar-refractivity contribution >= 4 is 11.9 Å². The maximum absolute atomic E-state index is 12.5. The highest BCUT2D eigenvalue weighted by atomic mass is 16.5. The molecule has 6 heteroatoms. The molecule has 6 nitrogen and oxygen atoms in total. The van der Waals surface area contributed by atoms with Gasteiger partial charge in [-0.2, -0.15) is 0 Å². The fourth-order valence-electron chi connectivity index (χ4n) is 4.90. The van der Waals surface area contributed by atoms with E-state index in [0.29, 0.717) is 0 Å². The summed E-state index contributed by atoms with van der Waals surface area (Å²) in [4.78, 5) is 27.9. The summed E-state index contributed by atoms with van der Waals surface area (Å²) in [6, 6.07) is -0.156. The maximum atomic E-state index is 12.5. The molecule has 0 spiro atoms. The van der Waals surface area contributed by atoms with Gasteiger partial charge in [-0.15, -0.1) is 0 Å². The van der Waals surface area contributed by atoms with Crippen molar-refractivity contribution in [2.45, 2.75) is 104 Å². The van der Waals surface area contributed by atoms with E-state index >= 15 is 0 Å². The molecule has 1 heterocycles. The summed E-state index contributed by atoms with van der Waals surface area (Å²) in [5, 5.41) is 9.32. The lowest BCUT2D eigenvalue weighted by atomic mass is 9.75. The van der Waals surface area contributed by atoms with Crippen LogP contribution in [0.4, 0.5) is 4.79 Å². The summed E-state index contributed by atoms with van der Waals surface area (Å²) in [7, 11) is 1.69. The molecule has 0 atom stereocenters. The highest BCUT2D eigenvalue weighted by Crippen LogP contribution is 2.36. The molecule has 1 aliphatic rings. The Labute approximate surface area is 184 Å². The average Bonchev–Trinajstić information content (AvgIpc) is 3.01. The number of amides is 3. The zero-order valence-corrected chi connectivity index (χ0v) is 20.2. The van der Waals surface area contributed by atoms with Crippen LogP contribution < -0.4 is 0 Å². The summed E-state index contributed by atoms with van der Waals surface area (Å²) in [6.45, 7) is 10.6. The second-order valence-corrected chi connectivity index (χ2v) is 9.01. The Bertz CT molecular complexity index is 515. The monoisotopic (exact) mass is 426 g/mol. The minimum absolute atomic E-state index is 0.0705. The summed E-state index contributed by atoms with van der Waals surface area (Å²) < 4.78 is 5.84. The Kier molecular flexibility index (Phi) is 11.9. The Hall–Kier alpha value is -1.14. The van der Waals surface area contributed by atoms with Gasteiger partial charge in [0.25, 0.3) is 5.91 Å². The minimum Gasteiger partial charge on any atom is -0.396 e. The van der Waals surface area contributed by atoms with Gasteiger partial charge < -0.3 is 14.7 Å². The van der Waals surface area contributed by atoms with E-state index in [-0.39, 0.29) is 36.0 Å². The van der Waals surface area contributed by atoms with Crippen molar-refractivity contribution in [2.75, 3.05) is 33.4 Å². The van der Waals surface area contributed by atoms with Crippen LogP contribution in [-0.4, -0.2) is 65.8 Å². The molecule has 0 saturated carbocycles. The van der Waals surface area contributed by atoms with Crippen molar-refractivity contribution in [3.8, 4) is 0 Å². The number of hydrogen-bond acceptors (Lipinski definition) is 4. The molecule has 0 aliphatic carbocycles. The molecule has 176 valence electrons. The van der Waals surface area contributed by atoms with Gasteiger partial charge >= 0.3 is 6.03 Å². The molecule has 1 rings (SSSR count). The summed E-state index contributed by atoms with van der Waals surface area (Å²) in [5.74, 6) is -0.0705. The molecule has 0 aromatic carbocycles. The van der Waals surface area contributed by atoms with E-state index in [9.17, 15) is 14.7 Å². The number of carbonyl (C=O) groups excluding carboxylic acids is 2. The van der Waals surface area contributed by atoms with Crippen molar-refractivity contribution in [2.24, 2.45) is 5.41 Å². The average molecular weight is 427 g/mol. The molecular formula is C24H46N2O4. The Morgan fingerprint density at radius 3 is 1.87 bits per heavy atom. The quantitative estimate of drug-likeness (QED) is 0.263. The van der Waals surface area contributed by atoms with E-state index < -0.39 is 0 Å². The van der Waals surface area contributed by atoms with E-state index in [0.717, 1.165) is 83.8 Å². The lowest BCUT2D eigenvalue weighted by molar-refractivity contribution is -0.130. The van der Waals surface area contributed by atoms with Gasteiger partial charge in [0, 0.05) is 26.9 Å². The lowest BCUT2D eigenvalue weighted by Gasteiger charge is -2.39. The zero-order valence-electron chi connectivity index (χ0n) is 20.2. The Morgan fingerprint density at radius 2 is 1.43 bits per heavy atom. The number of likely N-dealkylation sites (N-methyl/N-ethyl adjacent to an activating group) is 1. The molecule has 0 aromatic rings. The second-order valence-electron chi connectivity index (χ2n) is 9.01. The van der Waals surface area contributed by atoms with E-state index in [4.69, 9.17) is 4.74 Å². The van der Waals surface area contributed by atoms with Crippen molar-refractivity contribution in [3.05, 3.63) is 0 Å². The second kappa shape index (κ2) is 13.3. The molecule has 0 aromatic heterocycles. The number of ether oxygens (including phenoxy) is 1. The SMILES string of the molecule is CCC(CC)(CCO)CCCCOCCCCC(CC)(CC)N1C(=O)CN(C)C1=O.